The van der Waals surface area contributed by atoms with Crippen molar-refractivity contribution in [2.24, 2.45) is 0 Å². The van der Waals surface area contributed by atoms with Crippen LogP contribution < -0.4 is 5.32 Å². The SMILES string of the molecule is c1cnc2c(CN3CCCNCCC3)cccc2c1. The topological polar surface area (TPSA) is 28.2 Å². The molecule has 2 aromatic rings. The average molecular weight is 255 g/mol. The molecule has 1 aliphatic rings. The Morgan fingerprint density at radius 3 is 2.68 bits per heavy atom. The van der Waals surface area contributed by atoms with Crippen LogP contribution >= 0.6 is 0 Å². The van der Waals surface area contributed by atoms with E-state index in [9.17, 15) is 0 Å². The van der Waals surface area contributed by atoms with Gasteiger partial charge in [-0.3, -0.25) is 9.88 Å². The molecule has 19 heavy (non-hydrogen) atoms. The van der Waals surface area contributed by atoms with Gasteiger partial charge in [0.25, 0.3) is 0 Å². The van der Waals surface area contributed by atoms with Gasteiger partial charge < -0.3 is 5.32 Å². The molecular weight excluding hydrogens is 234 g/mol. The maximum atomic E-state index is 4.55. The number of para-hydroxylation sites is 1. The van der Waals surface area contributed by atoms with Crippen LogP contribution in [-0.4, -0.2) is 36.1 Å². The highest BCUT2D eigenvalue weighted by Gasteiger charge is 2.10. The lowest BCUT2D eigenvalue weighted by Crippen LogP contribution is -2.33. The lowest BCUT2D eigenvalue weighted by molar-refractivity contribution is 0.245. The predicted octanol–water partition coefficient (Wildman–Crippen LogP) is 2.42. The minimum Gasteiger partial charge on any atom is -0.317 e. The molecule has 2 heterocycles. The van der Waals surface area contributed by atoms with Crippen LogP contribution in [0.1, 0.15) is 18.4 Å². The summed E-state index contributed by atoms with van der Waals surface area (Å²) in [6.45, 7) is 5.66. The van der Waals surface area contributed by atoms with E-state index in [2.05, 4.69) is 39.5 Å². The maximum Gasteiger partial charge on any atom is 0.0746 e. The van der Waals surface area contributed by atoms with Crippen LogP contribution in [-0.2, 0) is 6.54 Å². The Kier molecular flexibility index (Phi) is 4.06. The molecule has 3 heteroatoms. The van der Waals surface area contributed by atoms with Crippen molar-refractivity contribution in [3.8, 4) is 0 Å². The number of nitrogens with one attached hydrogen (secondary N) is 1. The van der Waals surface area contributed by atoms with E-state index in [-0.39, 0.29) is 0 Å². The van der Waals surface area contributed by atoms with Gasteiger partial charge in [-0.1, -0.05) is 24.3 Å². The molecule has 1 aromatic carbocycles. The summed E-state index contributed by atoms with van der Waals surface area (Å²) in [5, 5.41) is 4.71. The van der Waals surface area contributed by atoms with Crippen molar-refractivity contribution in [3.63, 3.8) is 0 Å². The molecule has 1 fully saturated rings. The number of hydrogen-bond acceptors (Lipinski definition) is 3. The fourth-order valence-corrected chi connectivity index (χ4v) is 2.79. The van der Waals surface area contributed by atoms with Gasteiger partial charge in [0, 0.05) is 18.1 Å². The van der Waals surface area contributed by atoms with Crippen molar-refractivity contribution in [3.05, 3.63) is 42.1 Å². The normalized spacial score (nSPS) is 18.1. The van der Waals surface area contributed by atoms with Gasteiger partial charge in [0.2, 0.25) is 0 Å². The Balaban J connectivity index is 1.80. The van der Waals surface area contributed by atoms with Crippen LogP contribution in [0.5, 0.6) is 0 Å². The maximum absolute atomic E-state index is 4.55. The standard InChI is InChI=1S/C16H21N3/c1-5-14-7-2-10-18-16(14)15(6-1)13-19-11-3-8-17-9-4-12-19/h1-2,5-7,10,17H,3-4,8-9,11-13H2. The molecule has 0 amide bonds. The fraction of sp³-hybridized carbons (Fsp3) is 0.438. The van der Waals surface area contributed by atoms with Crippen molar-refractivity contribution in [1.29, 1.82) is 0 Å². The number of pyridine rings is 1. The molecule has 1 aliphatic heterocycles. The van der Waals surface area contributed by atoms with Crippen molar-refractivity contribution >= 4 is 10.9 Å². The quantitative estimate of drug-likeness (QED) is 0.893. The second kappa shape index (κ2) is 6.13. The second-order valence-corrected chi connectivity index (χ2v) is 5.23. The molecule has 3 rings (SSSR count). The van der Waals surface area contributed by atoms with Crippen molar-refractivity contribution < 1.29 is 0 Å². The molecule has 0 saturated carbocycles. The summed E-state index contributed by atoms with van der Waals surface area (Å²) in [7, 11) is 0. The van der Waals surface area contributed by atoms with E-state index in [4.69, 9.17) is 0 Å². The van der Waals surface area contributed by atoms with Crippen LogP contribution in [0.15, 0.2) is 36.5 Å². The molecular formula is C16H21N3. The first kappa shape index (κ1) is 12.6. The van der Waals surface area contributed by atoms with Crippen LogP contribution in [0, 0.1) is 0 Å². The summed E-state index contributed by atoms with van der Waals surface area (Å²) < 4.78 is 0. The lowest BCUT2D eigenvalue weighted by atomic mass is 10.1. The molecule has 0 spiro atoms. The number of nitrogens with zero attached hydrogens (tertiary/aromatic N) is 2. The predicted molar refractivity (Wildman–Crippen MR) is 79.1 cm³/mol. The molecule has 1 aromatic heterocycles. The zero-order valence-electron chi connectivity index (χ0n) is 11.3. The summed E-state index contributed by atoms with van der Waals surface area (Å²) in [5.74, 6) is 0. The second-order valence-electron chi connectivity index (χ2n) is 5.23. The number of fused-ring (bicyclic) bond motifs is 1. The minimum absolute atomic E-state index is 1.02. The zero-order valence-corrected chi connectivity index (χ0v) is 11.3. The van der Waals surface area contributed by atoms with Crippen LogP contribution in [0.25, 0.3) is 10.9 Å². The van der Waals surface area contributed by atoms with E-state index in [1.807, 2.05) is 12.3 Å². The monoisotopic (exact) mass is 255 g/mol. The molecule has 1 saturated heterocycles. The smallest absolute Gasteiger partial charge is 0.0746 e. The number of rotatable bonds is 2. The largest absolute Gasteiger partial charge is 0.317 e. The van der Waals surface area contributed by atoms with Crippen LogP contribution in [0.4, 0.5) is 0 Å². The van der Waals surface area contributed by atoms with E-state index >= 15 is 0 Å². The van der Waals surface area contributed by atoms with E-state index in [1.54, 1.807) is 0 Å². The molecule has 3 nitrogen and oxygen atoms in total. The van der Waals surface area contributed by atoms with Crippen LogP contribution in [0.3, 0.4) is 0 Å². The Bertz CT molecular complexity index is 525. The van der Waals surface area contributed by atoms with Gasteiger partial charge in [-0.2, -0.15) is 0 Å². The van der Waals surface area contributed by atoms with Gasteiger partial charge in [-0.15, -0.1) is 0 Å². The molecule has 0 aliphatic carbocycles. The summed E-state index contributed by atoms with van der Waals surface area (Å²) in [6, 6.07) is 10.7. The summed E-state index contributed by atoms with van der Waals surface area (Å²) in [5.41, 5.74) is 2.51. The number of hydrogen-bond donors (Lipinski definition) is 1. The van der Waals surface area contributed by atoms with Gasteiger partial charge in [-0.05, 0) is 50.7 Å². The highest BCUT2D eigenvalue weighted by Crippen LogP contribution is 2.18. The van der Waals surface area contributed by atoms with E-state index in [0.717, 1.165) is 25.2 Å². The van der Waals surface area contributed by atoms with Gasteiger partial charge in [0.05, 0.1) is 5.52 Å². The molecule has 0 atom stereocenters. The van der Waals surface area contributed by atoms with Gasteiger partial charge in [0.1, 0.15) is 0 Å². The first-order valence-electron chi connectivity index (χ1n) is 7.19. The number of benzene rings is 1. The summed E-state index contributed by atoms with van der Waals surface area (Å²) in [6.07, 6.45) is 4.36. The van der Waals surface area contributed by atoms with E-state index < -0.39 is 0 Å². The molecule has 0 unspecified atom stereocenters. The molecule has 0 bridgehead atoms. The number of aromatic nitrogens is 1. The zero-order chi connectivity index (χ0) is 12.9. The highest BCUT2D eigenvalue weighted by molar-refractivity contribution is 5.81. The molecule has 1 N–H and O–H groups in total. The summed E-state index contributed by atoms with van der Waals surface area (Å²) >= 11 is 0. The third-order valence-corrected chi connectivity index (χ3v) is 3.77. The first-order chi connectivity index (χ1) is 9.43. The Morgan fingerprint density at radius 1 is 1.05 bits per heavy atom. The third kappa shape index (κ3) is 3.11. The fourth-order valence-electron chi connectivity index (χ4n) is 2.79. The highest BCUT2D eigenvalue weighted by atomic mass is 15.1. The van der Waals surface area contributed by atoms with Crippen molar-refractivity contribution in [2.75, 3.05) is 26.2 Å². The Hall–Kier alpha value is -1.45. The first-order valence-corrected chi connectivity index (χ1v) is 7.19. The van der Waals surface area contributed by atoms with Crippen molar-refractivity contribution in [2.45, 2.75) is 19.4 Å². The molecule has 100 valence electrons. The van der Waals surface area contributed by atoms with Gasteiger partial charge in [0.15, 0.2) is 0 Å². The third-order valence-electron chi connectivity index (χ3n) is 3.77. The Morgan fingerprint density at radius 2 is 1.84 bits per heavy atom. The minimum atomic E-state index is 1.02. The van der Waals surface area contributed by atoms with Crippen molar-refractivity contribution in [1.82, 2.24) is 15.2 Å². The van der Waals surface area contributed by atoms with Gasteiger partial charge in [-0.25, -0.2) is 0 Å². The van der Waals surface area contributed by atoms with Crippen LogP contribution in [0.2, 0.25) is 0 Å². The molecule has 0 radical (unpaired) electrons. The van der Waals surface area contributed by atoms with E-state index in [0.29, 0.717) is 0 Å². The summed E-state index contributed by atoms with van der Waals surface area (Å²) in [4.78, 5) is 7.11. The Labute approximate surface area is 114 Å². The lowest BCUT2D eigenvalue weighted by Gasteiger charge is -2.25. The average Bonchev–Trinajstić information content (AvgIpc) is 2.42. The van der Waals surface area contributed by atoms with E-state index in [1.165, 1.54) is 36.9 Å². The van der Waals surface area contributed by atoms with Gasteiger partial charge >= 0.3 is 0 Å².